The van der Waals surface area contributed by atoms with Crippen molar-refractivity contribution in [3.63, 3.8) is 0 Å². The lowest BCUT2D eigenvalue weighted by Gasteiger charge is -2.13. The second kappa shape index (κ2) is 5.98. The van der Waals surface area contributed by atoms with Crippen molar-refractivity contribution >= 4 is 21.6 Å². The molecule has 0 unspecified atom stereocenters. The van der Waals surface area contributed by atoms with E-state index in [1.54, 1.807) is 7.11 Å². The molecule has 110 valence electrons. The molecule has 4 heteroatoms. The van der Waals surface area contributed by atoms with Crippen LogP contribution in [0.4, 0.5) is 5.69 Å². The SMILES string of the molecule is COc1ccc(NCc2cc(Br)cc3c2OCC3)c(C)c1. The molecule has 0 atom stereocenters. The first kappa shape index (κ1) is 14.3. The number of ether oxygens (including phenoxy) is 2. The molecule has 1 heterocycles. The maximum atomic E-state index is 5.76. The minimum absolute atomic E-state index is 0.745. The van der Waals surface area contributed by atoms with E-state index >= 15 is 0 Å². The quantitative estimate of drug-likeness (QED) is 0.893. The summed E-state index contributed by atoms with van der Waals surface area (Å²) in [6.07, 6.45) is 0.989. The summed E-state index contributed by atoms with van der Waals surface area (Å²) in [7, 11) is 1.68. The van der Waals surface area contributed by atoms with Gasteiger partial charge in [0.05, 0.1) is 13.7 Å². The van der Waals surface area contributed by atoms with Gasteiger partial charge in [-0.1, -0.05) is 15.9 Å². The van der Waals surface area contributed by atoms with Gasteiger partial charge in [-0.05, 0) is 48.4 Å². The van der Waals surface area contributed by atoms with Crippen molar-refractivity contribution in [1.29, 1.82) is 0 Å². The van der Waals surface area contributed by atoms with Crippen molar-refractivity contribution in [2.24, 2.45) is 0 Å². The zero-order valence-corrected chi connectivity index (χ0v) is 13.8. The average Bonchev–Trinajstić information content (AvgIpc) is 2.93. The highest BCUT2D eigenvalue weighted by Gasteiger charge is 2.17. The number of hydrogen-bond acceptors (Lipinski definition) is 3. The number of aryl methyl sites for hydroxylation is 1. The highest BCUT2D eigenvalue weighted by Crippen LogP contribution is 2.33. The Hall–Kier alpha value is -1.68. The van der Waals surface area contributed by atoms with E-state index in [9.17, 15) is 0 Å². The predicted octanol–water partition coefficient (Wildman–Crippen LogP) is 4.31. The summed E-state index contributed by atoms with van der Waals surface area (Å²) in [4.78, 5) is 0. The highest BCUT2D eigenvalue weighted by atomic mass is 79.9. The Morgan fingerprint density at radius 1 is 1.29 bits per heavy atom. The summed E-state index contributed by atoms with van der Waals surface area (Å²) < 4.78 is 12.1. The topological polar surface area (TPSA) is 30.5 Å². The average molecular weight is 348 g/mol. The van der Waals surface area contributed by atoms with Crippen molar-refractivity contribution in [3.8, 4) is 11.5 Å². The number of hydrogen-bond donors (Lipinski definition) is 1. The molecule has 0 aliphatic carbocycles. The summed E-state index contributed by atoms with van der Waals surface area (Å²) in [5, 5.41) is 3.48. The van der Waals surface area contributed by atoms with E-state index in [-0.39, 0.29) is 0 Å². The monoisotopic (exact) mass is 347 g/mol. The molecular formula is C17H18BrNO2. The van der Waals surface area contributed by atoms with Crippen LogP contribution in [0.2, 0.25) is 0 Å². The largest absolute Gasteiger partial charge is 0.497 e. The third kappa shape index (κ3) is 3.00. The van der Waals surface area contributed by atoms with E-state index in [2.05, 4.69) is 40.3 Å². The van der Waals surface area contributed by atoms with Gasteiger partial charge >= 0.3 is 0 Å². The lowest BCUT2D eigenvalue weighted by Crippen LogP contribution is -2.03. The van der Waals surface area contributed by atoms with Gasteiger partial charge in [0, 0.05) is 28.7 Å². The van der Waals surface area contributed by atoms with Crippen LogP contribution in [0.5, 0.6) is 11.5 Å². The van der Waals surface area contributed by atoms with Gasteiger partial charge in [0.25, 0.3) is 0 Å². The fourth-order valence-electron chi connectivity index (χ4n) is 2.63. The van der Waals surface area contributed by atoms with E-state index in [0.29, 0.717) is 0 Å². The molecule has 21 heavy (non-hydrogen) atoms. The van der Waals surface area contributed by atoms with Gasteiger partial charge in [0.1, 0.15) is 11.5 Å². The maximum Gasteiger partial charge on any atom is 0.127 e. The Kier molecular flexibility index (Phi) is 4.06. The van der Waals surface area contributed by atoms with E-state index in [4.69, 9.17) is 9.47 Å². The molecule has 0 saturated heterocycles. The summed E-state index contributed by atoms with van der Waals surface area (Å²) in [5.41, 5.74) is 4.75. The zero-order valence-electron chi connectivity index (χ0n) is 12.2. The smallest absolute Gasteiger partial charge is 0.127 e. The number of anilines is 1. The molecule has 1 aliphatic rings. The third-order valence-electron chi connectivity index (χ3n) is 3.73. The molecule has 1 aliphatic heterocycles. The molecule has 1 N–H and O–H groups in total. The first-order valence-corrected chi connectivity index (χ1v) is 7.79. The van der Waals surface area contributed by atoms with Crippen molar-refractivity contribution in [2.45, 2.75) is 19.9 Å². The minimum Gasteiger partial charge on any atom is -0.497 e. The van der Waals surface area contributed by atoms with Gasteiger partial charge in [-0.25, -0.2) is 0 Å². The zero-order chi connectivity index (χ0) is 14.8. The van der Waals surface area contributed by atoms with Gasteiger partial charge in [-0.3, -0.25) is 0 Å². The van der Waals surface area contributed by atoms with Crippen LogP contribution in [0, 0.1) is 6.92 Å². The van der Waals surface area contributed by atoms with Crippen molar-refractivity contribution < 1.29 is 9.47 Å². The molecule has 0 aromatic heterocycles. The van der Waals surface area contributed by atoms with Crippen LogP contribution < -0.4 is 14.8 Å². The molecule has 0 saturated carbocycles. The first-order chi connectivity index (χ1) is 10.2. The first-order valence-electron chi connectivity index (χ1n) is 7.00. The normalized spacial score (nSPS) is 12.7. The van der Waals surface area contributed by atoms with Crippen LogP contribution >= 0.6 is 15.9 Å². The molecule has 0 radical (unpaired) electrons. The van der Waals surface area contributed by atoms with Crippen LogP contribution in [0.1, 0.15) is 16.7 Å². The summed E-state index contributed by atoms with van der Waals surface area (Å²) >= 11 is 3.58. The molecule has 0 bridgehead atoms. The van der Waals surface area contributed by atoms with E-state index < -0.39 is 0 Å². The Morgan fingerprint density at radius 2 is 2.14 bits per heavy atom. The number of nitrogens with one attached hydrogen (secondary N) is 1. The van der Waals surface area contributed by atoms with E-state index in [1.807, 2.05) is 18.2 Å². The molecule has 0 amide bonds. The third-order valence-corrected chi connectivity index (χ3v) is 4.19. The molecule has 2 aromatic carbocycles. The number of benzene rings is 2. The van der Waals surface area contributed by atoms with Crippen LogP contribution in [0.15, 0.2) is 34.8 Å². The van der Waals surface area contributed by atoms with Crippen LogP contribution in [0.25, 0.3) is 0 Å². The van der Waals surface area contributed by atoms with Crippen LogP contribution in [-0.4, -0.2) is 13.7 Å². The van der Waals surface area contributed by atoms with Crippen LogP contribution in [-0.2, 0) is 13.0 Å². The molecule has 0 spiro atoms. The predicted molar refractivity (Wildman–Crippen MR) is 88.4 cm³/mol. The lowest BCUT2D eigenvalue weighted by atomic mass is 10.1. The van der Waals surface area contributed by atoms with Crippen molar-refractivity contribution in [1.82, 2.24) is 0 Å². The number of halogens is 1. The fourth-order valence-corrected chi connectivity index (χ4v) is 3.18. The summed E-state index contributed by atoms with van der Waals surface area (Å²) in [5.74, 6) is 1.92. The Labute approximate surface area is 133 Å². The Bertz CT molecular complexity index is 670. The van der Waals surface area contributed by atoms with Crippen LogP contribution in [0.3, 0.4) is 0 Å². The second-order valence-electron chi connectivity index (χ2n) is 5.19. The number of rotatable bonds is 4. The summed E-state index contributed by atoms with van der Waals surface area (Å²) in [6, 6.07) is 10.3. The highest BCUT2D eigenvalue weighted by molar-refractivity contribution is 9.10. The Balaban J connectivity index is 1.79. The molecular weight excluding hydrogens is 330 g/mol. The molecule has 0 fully saturated rings. The standard InChI is InChI=1S/C17H18BrNO2/c1-11-7-15(20-2)3-4-16(11)19-10-13-9-14(18)8-12-5-6-21-17(12)13/h3-4,7-9,19H,5-6,10H2,1-2H3. The number of methoxy groups -OCH3 is 1. The van der Waals surface area contributed by atoms with Gasteiger partial charge in [-0.15, -0.1) is 0 Å². The maximum absolute atomic E-state index is 5.76. The van der Waals surface area contributed by atoms with Gasteiger partial charge < -0.3 is 14.8 Å². The Morgan fingerprint density at radius 3 is 2.90 bits per heavy atom. The van der Waals surface area contributed by atoms with E-state index in [1.165, 1.54) is 16.7 Å². The summed E-state index contributed by atoms with van der Waals surface area (Å²) in [6.45, 7) is 3.60. The second-order valence-corrected chi connectivity index (χ2v) is 6.10. The van der Waals surface area contributed by atoms with E-state index in [0.717, 1.165) is 41.2 Å². The van der Waals surface area contributed by atoms with Crippen molar-refractivity contribution in [2.75, 3.05) is 19.0 Å². The molecule has 3 nitrogen and oxygen atoms in total. The van der Waals surface area contributed by atoms with Crippen molar-refractivity contribution in [3.05, 3.63) is 51.5 Å². The lowest BCUT2D eigenvalue weighted by molar-refractivity contribution is 0.354. The van der Waals surface area contributed by atoms with Gasteiger partial charge in [-0.2, -0.15) is 0 Å². The molecule has 2 aromatic rings. The van der Waals surface area contributed by atoms with Gasteiger partial charge in [0.15, 0.2) is 0 Å². The fraction of sp³-hybridized carbons (Fsp3) is 0.294. The van der Waals surface area contributed by atoms with Gasteiger partial charge in [0.2, 0.25) is 0 Å². The molecule has 3 rings (SSSR count). The number of fused-ring (bicyclic) bond motifs is 1. The minimum atomic E-state index is 0.745.